The number of nitrogens with two attached hydrogens (primary N) is 1. The summed E-state index contributed by atoms with van der Waals surface area (Å²) >= 11 is 15.2. The van der Waals surface area contributed by atoms with Crippen molar-refractivity contribution in [2.24, 2.45) is 5.73 Å². The summed E-state index contributed by atoms with van der Waals surface area (Å²) in [6, 6.07) is 6.00. The number of halogens is 2. The quantitative estimate of drug-likeness (QED) is 0.383. The zero-order valence-corrected chi connectivity index (χ0v) is 21.6. The minimum atomic E-state index is 0.0668. The smallest absolute Gasteiger partial charge is 0.230 e. The molecule has 1 aromatic carbocycles. The van der Waals surface area contributed by atoms with Crippen LogP contribution in [0.1, 0.15) is 24.1 Å². The third-order valence-electron chi connectivity index (χ3n) is 5.35. The first-order valence-corrected chi connectivity index (χ1v) is 14.3. The van der Waals surface area contributed by atoms with E-state index in [1.807, 2.05) is 29.7 Å². The van der Waals surface area contributed by atoms with Gasteiger partial charge in [-0.15, -0.1) is 11.3 Å². The molecule has 10 heteroatoms. The molecule has 1 saturated heterocycles. The topological polar surface area (TPSA) is 71.2 Å². The number of rotatable bonds is 7. The molecule has 1 atom stereocenters. The van der Waals surface area contributed by atoms with Crippen LogP contribution < -0.4 is 11.1 Å². The molecule has 170 valence electrons. The molecule has 1 unspecified atom stereocenters. The molecule has 4 rings (SSSR count). The van der Waals surface area contributed by atoms with Gasteiger partial charge in [0.2, 0.25) is 5.91 Å². The molecule has 1 amide bonds. The van der Waals surface area contributed by atoms with Crippen molar-refractivity contribution in [3.05, 3.63) is 62.5 Å². The summed E-state index contributed by atoms with van der Waals surface area (Å²) in [6.45, 7) is 2.73. The molecule has 3 heterocycles. The van der Waals surface area contributed by atoms with Gasteiger partial charge in [0.1, 0.15) is 0 Å². The maximum absolute atomic E-state index is 12.4. The Morgan fingerprint density at radius 2 is 2.12 bits per heavy atom. The van der Waals surface area contributed by atoms with E-state index in [1.54, 1.807) is 11.3 Å². The Bertz CT molecular complexity index is 1030. The fourth-order valence-corrected chi connectivity index (χ4v) is 6.56. The van der Waals surface area contributed by atoms with Crippen molar-refractivity contribution in [1.82, 2.24) is 15.2 Å². The van der Waals surface area contributed by atoms with Crippen molar-refractivity contribution in [2.45, 2.75) is 29.8 Å². The van der Waals surface area contributed by atoms with Crippen LogP contribution in [-0.2, 0) is 11.3 Å². The molecule has 32 heavy (non-hydrogen) atoms. The first-order valence-electron chi connectivity index (χ1n) is 10.4. The number of aromatic nitrogens is 1. The number of piperidine rings is 1. The third kappa shape index (κ3) is 6.72. The van der Waals surface area contributed by atoms with Gasteiger partial charge < -0.3 is 11.1 Å². The summed E-state index contributed by atoms with van der Waals surface area (Å²) in [5, 5.41) is 6.39. The Morgan fingerprint density at radius 1 is 1.31 bits per heavy atom. The molecule has 3 N–H and O–H groups in total. The first kappa shape index (κ1) is 24.1. The van der Waals surface area contributed by atoms with Crippen LogP contribution in [0, 0.1) is 0 Å². The molecule has 0 saturated carbocycles. The van der Waals surface area contributed by atoms with Gasteiger partial charge >= 0.3 is 0 Å². The highest BCUT2D eigenvalue weighted by Gasteiger charge is 2.21. The second kappa shape index (κ2) is 11.4. The maximum atomic E-state index is 12.4. The van der Waals surface area contributed by atoms with Gasteiger partial charge in [0.25, 0.3) is 0 Å². The Morgan fingerprint density at radius 3 is 2.88 bits per heavy atom. The highest BCUT2D eigenvalue weighted by Crippen LogP contribution is 2.32. The molecule has 0 aliphatic carbocycles. The van der Waals surface area contributed by atoms with Crippen molar-refractivity contribution in [2.75, 3.05) is 25.0 Å². The number of carbonyl (C=O) groups excluding carboxylic acids is 1. The summed E-state index contributed by atoms with van der Waals surface area (Å²) in [7, 11) is 0.708. The largest absolute Gasteiger partial charge is 0.402 e. The van der Waals surface area contributed by atoms with E-state index in [9.17, 15) is 4.79 Å². The third-order valence-corrected chi connectivity index (χ3v) is 9.24. The highest BCUT2D eigenvalue weighted by atomic mass is 35.5. The molecule has 2 aromatic rings. The SMILES string of the molecule is NC1=CC(c2csc(SCC(=O)NC3CCN(Cc4ccc(Cl)c(Cl)c4)CC3)n2)=CPC1. The van der Waals surface area contributed by atoms with E-state index >= 15 is 0 Å². The van der Waals surface area contributed by atoms with E-state index < -0.39 is 0 Å². The van der Waals surface area contributed by atoms with E-state index in [4.69, 9.17) is 28.9 Å². The number of carbonyl (C=O) groups is 1. The lowest BCUT2D eigenvalue weighted by molar-refractivity contribution is -0.119. The molecule has 1 fully saturated rings. The highest BCUT2D eigenvalue weighted by molar-refractivity contribution is 8.01. The summed E-state index contributed by atoms with van der Waals surface area (Å²) in [5.74, 6) is 2.65. The standard InChI is InChI=1S/C22H25Cl2N4OPS2/c23-18-2-1-14(7-19(18)24)9-28-5-3-17(4-6-28)26-21(29)13-32-22-27-20(12-31-22)15-8-16(25)11-30-10-15/h1-2,7-8,10,12,17,30H,3-6,9,11,13,25H2,(H,26,29). The predicted molar refractivity (Wildman–Crippen MR) is 139 cm³/mol. The van der Waals surface area contributed by atoms with Gasteiger partial charge in [-0.3, -0.25) is 9.69 Å². The molecule has 1 aromatic heterocycles. The number of thiazole rings is 1. The lowest BCUT2D eigenvalue weighted by atomic mass is 10.0. The number of allylic oxidation sites excluding steroid dienone is 3. The van der Waals surface area contributed by atoms with Gasteiger partial charge in [-0.25, -0.2) is 4.98 Å². The van der Waals surface area contributed by atoms with Crippen LogP contribution in [-0.4, -0.2) is 46.8 Å². The first-order chi connectivity index (χ1) is 15.5. The number of hydrogen-bond acceptors (Lipinski definition) is 6. The van der Waals surface area contributed by atoms with Gasteiger partial charge in [-0.1, -0.05) is 55.4 Å². The monoisotopic (exact) mass is 526 g/mol. The number of nitrogens with zero attached hydrogens (tertiary/aromatic N) is 2. The second-order valence-electron chi connectivity index (χ2n) is 7.85. The average molecular weight is 527 g/mol. The zero-order chi connectivity index (χ0) is 22.5. The van der Waals surface area contributed by atoms with Crippen LogP contribution in [0.2, 0.25) is 10.0 Å². The van der Waals surface area contributed by atoms with Crippen molar-refractivity contribution in [3.63, 3.8) is 0 Å². The number of thioether (sulfide) groups is 1. The molecule has 5 nitrogen and oxygen atoms in total. The number of hydrogen-bond donors (Lipinski definition) is 2. The summed E-state index contributed by atoms with van der Waals surface area (Å²) in [6.07, 6.45) is 4.83. The maximum Gasteiger partial charge on any atom is 0.230 e. The van der Waals surface area contributed by atoms with Crippen LogP contribution in [0.4, 0.5) is 0 Å². The molecular weight excluding hydrogens is 502 g/mol. The van der Waals surface area contributed by atoms with Crippen LogP contribution in [0.15, 0.2) is 45.5 Å². The lowest BCUT2D eigenvalue weighted by Crippen LogP contribution is -2.44. The molecule has 0 bridgehead atoms. The van der Waals surface area contributed by atoms with Crippen LogP contribution in [0.25, 0.3) is 5.57 Å². The number of amides is 1. The Kier molecular flexibility index (Phi) is 8.55. The summed E-state index contributed by atoms with van der Waals surface area (Å²) in [5.41, 5.74) is 10.0. The second-order valence-corrected chi connectivity index (χ2v) is 11.8. The average Bonchev–Trinajstić information content (AvgIpc) is 3.26. The van der Waals surface area contributed by atoms with Crippen LogP contribution in [0.5, 0.6) is 0 Å². The lowest BCUT2D eigenvalue weighted by Gasteiger charge is -2.32. The molecule has 2 aliphatic rings. The van der Waals surface area contributed by atoms with Crippen molar-refractivity contribution in [1.29, 1.82) is 0 Å². The fraction of sp³-hybridized carbons (Fsp3) is 0.364. The molecule has 2 aliphatic heterocycles. The number of nitrogens with one attached hydrogen (secondary N) is 1. The zero-order valence-electron chi connectivity index (χ0n) is 17.4. The van der Waals surface area contributed by atoms with Gasteiger partial charge in [0.05, 0.1) is 21.5 Å². The van der Waals surface area contributed by atoms with E-state index in [0.717, 1.165) is 65.5 Å². The van der Waals surface area contributed by atoms with Crippen LogP contribution >= 0.6 is 54.9 Å². The summed E-state index contributed by atoms with van der Waals surface area (Å²) < 4.78 is 0.911. The van der Waals surface area contributed by atoms with Crippen molar-refractivity contribution < 1.29 is 4.79 Å². The van der Waals surface area contributed by atoms with Gasteiger partial charge in [-0.05, 0) is 36.6 Å². The minimum absolute atomic E-state index is 0.0668. The number of likely N-dealkylation sites (tertiary alicyclic amines) is 1. The van der Waals surface area contributed by atoms with E-state index in [2.05, 4.69) is 21.0 Å². The Balaban J connectivity index is 1.19. The van der Waals surface area contributed by atoms with Crippen molar-refractivity contribution in [3.8, 4) is 0 Å². The van der Waals surface area contributed by atoms with Crippen molar-refractivity contribution >= 4 is 66.4 Å². The molecular formula is C22H25Cl2N4OPS2. The van der Waals surface area contributed by atoms with E-state index in [0.29, 0.717) is 24.4 Å². The van der Waals surface area contributed by atoms with Crippen LogP contribution in [0.3, 0.4) is 0 Å². The minimum Gasteiger partial charge on any atom is -0.402 e. The van der Waals surface area contributed by atoms with E-state index in [-0.39, 0.29) is 11.9 Å². The number of benzene rings is 1. The Labute approximate surface area is 208 Å². The van der Waals surface area contributed by atoms with Gasteiger partial charge in [0, 0.05) is 48.5 Å². The molecule has 0 radical (unpaired) electrons. The Hall–Kier alpha value is -1.08. The van der Waals surface area contributed by atoms with Gasteiger partial charge in [0.15, 0.2) is 4.34 Å². The molecule has 0 spiro atoms. The van der Waals surface area contributed by atoms with Gasteiger partial charge in [-0.2, -0.15) is 0 Å². The fourth-order valence-electron chi connectivity index (χ4n) is 3.70. The van der Waals surface area contributed by atoms with E-state index in [1.165, 1.54) is 11.8 Å². The summed E-state index contributed by atoms with van der Waals surface area (Å²) in [4.78, 5) is 19.5. The predicted octanol–water partition coefficient (Wildman–Crippen LogP) is 5.20. The normalized spacial score (nSPS) is 18.4.